The van der Waals surface area contributed by atoms with E-state index >= 15 is 0 Å². The lowest BCUT2D eigenvalue weighted by Crippen LogP contribution is -2.14. The van der Waals surface area contributed by atoms with Gasteiger partial charge in [-0.25, -0.2) is 4.98 Å². The molecule has 0 unspecified atom stereocenters. The van der Waals surface area contributed by atoms with E-state index in [0.717, 1.165) is 6.42 Å². The van der Waals surface area contributed by atoms with Crippen molar-refractivity contribution in [2.45, 2.75) is 13.3 Å². The van der Waals surface area contributed by atoms with Crippen molar-refractivity contribution in [1.29, 1.82) is 0 Å². The van der Waals surface area contributed by atoms with E-state index in [0.29, 0.717) is 50.4 Å². The average molecular weight is 270 g/mol. The van der Waals surface area contributed by atoms with Crippen LogP contribution in [0.4, 0.5) is 11.5 Å². The number of nitrogens with two attached hydrogens (primary N) is 1. The summed E-state index contributed by atoms with van der Waals surface area (Å²) in [6.45, 7) is 4.93. The number of aromatic nitrogens is 2. The van der Waals surface area contributed by atoms with Crippen LogP contribution in [-0.2, 0) is 9.47 Å². The summed E-state index contributed by atoms with van der Waals surface area (Å²) in [5.74, 6) is 0.982. The number of nitrogen functional groups attached to an aromatic ring is 1. The maximum atomic E-state index is 5.91. The molecule has 0 amide bonds. The number of methoxy groups -OCH3 is 1. The van der Waals surface area contributed by atoms with Crippen LogP contribution in [-0.4, -0.2) is 50.1 Å². The molecule has 0 aliphatic heterocycles. The molecule has 0 radical (unpaired) electrons. The Bertz CT molecular complexity index is 363. The zero-order chi connectivity index (χ0) is 13.9. The molecule has 0 aliphatic rings. The summed E-state index contributed by atoms with van der Waals surface area (Å²) in [6.07, 6.45) is 2.33. The Morgan fingerprint density at radius 3 is 2.79 bits per heavy atom. The lowest BCUT2D eigenvalue weighted by Gasteiger charge is -2.11. The predicted octanol–water partition coefficient (Wildman–Crippen LogP) is 0.922. The minimum atomic E-state index is 0.416. The van der Waals surface area contributed by atoms with Crippen LogP contribution >= 0.6 is 0 Å². The second-order valence-corrected chi connectivity index (χ2v) is 3.82. The van der Waals surface area contributed by atoms with Crippen LogP contribution in [0.15, 0.2) is 6.33 Å². The monoisotopic (exact) mass is 270 g/mol. The molecule has 1 heterocycles. The molecule has 3 N–H and O–H groups in total. The first kappa shape index (κ1) is 15.5. The molecule has 1 rings (SSSR count). The smallest absolute Gasteiger partial charge is 0.242 e. The third-order valence-electron chi connectivity index (χ3n) is 2.26. The highest BCUT2D eigenvalue weighted by molar-refractivity contribution is 5.66. The van der Waals surface area contributed by atoms with Crippen molar-refractivity contribution in [2.75, 3.05) is 51.1 Å². The Morgan fingerprint density at radius 1 is 1.21 bits per heavy atom. The summed E-state index contributed by atoms with van der Waals surface area (Å²) in [7, 11) is 1.64. The van der Waals surface area contributed by atoms with Gasteiger partial charge in [-0.2, -0.15) is 4.98 Å². The van der Waals surface area contributed by atoms with E-state index in [1.165, 1.54) is 6.33 Å². The first-order valence-electron chi connectivity index (χ1n) is 6.33. The Kier molecular flexibility index (Phi) is 7.60. The standard InChI is InChI=1S/C12H22N4O3/c1-3-5-19-12-10(13)11(15-9-16-12)14-4-6-18-8-7-17-2/h9H,3-8,13H2,1-2H3,(H,14,15,16). The van der Waals surface area contributed by atoms with Gasteiger partial charge >= 0.3 is 0 Å². The van der Waals surface area contributed by atoms with Crippen molar-refractivity contribution in [3.63, 3.8) is 0 Å². The summed E-state index contributed by atoms with van der Waals surface area (Å²) < 4.78 is 15.6. The van der Waals surface area contributed by atoms with Crippen LogP contribution in [0.25, 0.3) is 0 Å². The van der Waals surface area contributed by atoms with Gasteiger partial charge in [0.15, 0.2) is 5.82 Å². The third-order valence-corrected chi connectivity index (χ3v) is 2.26. The van der Waals surface area contributed by atoms with Crippen LogP contribution in [0, 0.1) is 0 Å². The van der Waals surface area contributed by atoms with Gasteiger partial charge in [-0.3, -0.25) is 0 Å². The molecule has 0 aromatic carbocycles. The van der Waals surface area contributed by atoms with Crippen LogP contribution in [0.3, 0.4) is 0 Å². The van der Waals surface area contributed by atoms with E-state index in [2.05, 4.69) is 15.3 Å². The summed E-state index contributed by atoms with van der Waals surface area (Å²) in [5, 5.41) is 3.08. The number of nitrogens with zero attached hydrogens (tertiary/aromatic N) is 2. The second-order valence-electron chi connectivity index (χ2n) is 3.82. The summed E-state index contributed by atoms with van der Waals surface area (Å²) in [6, 6.07) is 0. The van der Waals surface area contributed by atoms with Gasteiger partial charge in [0.25, 0.3) is 0 Å². The van der Waals surface area contributed by atoms with Gasteiger partial charge in [0.2, 0.25) is 5.88 Å². The molecule has 1 aromatic heterocycles. The van der Waals surface area contributed by atoms with Gasteiger partial charge in [0.1, 0.15) is 12.0 Å². The highest BCUT2D eigenvalue weighted by Gasteiger charge is 2.08. The quantitative estimate of drug-likeness (QED) is 0.611. The number of nitrogens with one attached hydrogen (secondary N) is 1. The molecule has 0 spiro atoms. The predicted molar refractivity (Wildman–Crippen MR) is 73.4 cm³/mol. The first-order valence-corrected chi connectivity index (χ1v) is 6.33. The largest absolute Gasteiger partial charge is 0.476 e. The second kappa shape index (κ2) is 9.35. The highest BCUT2D eigenvalue weighted by atomic mass is 16.5. The molecule has 0 fully saturated rings. The van der Waals surface area contributed by atoms with E-state index in [1.807, 2.05) is 6.92 Å². The Labute approximate surface area is 113 Å². The normalized spacial score (nSPS) is 10.4. The van der Waals surface area contributed by atoms with E-state index in [9.17, 15) is 0 Å². The number of hydrogen-bond donors (Lipinski definition) is 2. The Balaban J connectivity index is 2.36. The summed E-state index contributed by atoms with van der Waals surface area (Å²) >= 11 is 0. The fraction of sp³-hybridized carbons (Fsp3) is 0.667. The highest BCUT2D eigenvalue weighted by Crippen LogP contribution is 2.24. The van der Waals surface area contributed by atoms with Crippen LogP contribution in [0.2, 0.25) is 0 Å². The molecule has 0 atom stereocenters. The van der Waals surface area contributed by atoms with Crippen LogP contribution < -0.4 is 15.8 Å². The minimum absolute atomic E-state index is 0.416. The molecule has 1 aromatic rings. The van der Waals surface area contributed by atoms with Gasteiger partial charge in [-0.1, -0.05) is 6.92 Å². The van der Waals surface area contributed by atoms with E-state index < -0.39 is 0 Å². The Morgan fingerprint density at radius 2 is 2.05 bits per heavy atom. The van der Waals surface area contributed by atoms with E-state index in [-0.39, 0.29) is 0 Å². The van der Waals surface area contributed by atoms with Crippen molar-refractivity contribution in [3.8, 4) is 5.88 Å². The third kappa shape index (κ3) is 5.71. The lowest BCUT2D eigenvalue weighted by molar-refractivity contribution is 0.0759. The first-order chi connectivity index (χ1) is 9.29. The van der Waals surface area contributed by atoms with E-state index in [1.54, 1.807) is 7.11 Å². The molecule has 19 heavy (non-hydrogen) atoms. The van der Waals surface area contributed by atoms with Crippen LogP contribution in [0.1, 0.15) is 13.3 Å². The van der Waals surface area contributed by atoms with E-state index in [4.69, 9.17) is 19.9 Å². The van der Waals surface area contributed by atoms with Gasteiger partial charge in [0.05, 0.1) is 26.4 Å². The fourth-order valence-electron chi connectivity index (χ4n) is 1.32. The summed E-state index contributed by atoms with van der Waals surface area (Å²) in [5.41, 5.74) is 6.34. The molecular weight excluding hydrogens is 248 g/mol. The van der Waals surface area contributed by atoms with Gasteiger partial charge in [0, 0.05) is 13.7 Å². The van der Waals surface area contributed by atoms with Gasteiger partial charge in [-0.05, 0) is 6.42 Å². The molecule has 0 aliphatic carbocycles. The minimum Gasteiger partial charge on any atom is -0.476 e. The van der Waals surface area contributed by atoms with Crippen LogP contribution in [0.5, 0.6) is 5.88 Å². The van der Waals surface area contributed by atoms with Gasteiger partial charge in [-0.15, -0.1) is 0 Å². The molecule has 108 valence electrons. The summed E-state index contributed by atoms with van der Waals surface area (Å²) in [4.78, 5) is 8.07. The SMILES string of the molecule is CCCOc1ncnc(NCCOCCOC)c1N. The number of rotatable bonds is 10. The van der Waals surface area contributed by atoms with Crippen molar-refractivity contribution in [3.05, 3.63) is 6.33 Å². The molecule has 7 heteroatoms. The number of anilines is 2. The number of ether oxygens (including phenoxy) is 3. The Hall–Kier alpha value is -1.60. The fourth-order valence-corrected chi connectivity index (χ4v) is 1.32. The maximum absolute atomic E-state index is 5.91. The molecular formula is C12H22N4O3. The number of hydrogen-bond acceptors (Lipinski definition) is 7. The topological polar surface area (TPSA) is 91.5 Å². The zero-order valence-corrected chi connectivity index (χ0v) is 11.5. The molecule has 0 saturated heterocycles. The average Bonchev–Trinajstić information content (AvgIpc) is 2.43. The van der Waals surface area contributed by atoms with Crippen molar-refractivity contribution in [2.24, 2.45) is 0 Å². The molecule has 0 saturated carbocycles. The van der Waals surface area contributed by atoms with Crippen molar-refractivity contribution in [1.82, 2.24) is 9.97 Å². The van der Waals surface area contributed by atoms with Gasteiger partial charge < -0.3 is 25.3 Å². The molecule has 7 nitrogen and oxygen atoms in total. The maximum Gasteiger partial charge on any atom is 0.242 e. The molecule has 0 bridgehead atoms. The lowest BCUT2D eigenvalue weighted by atomic mass is 10.4. The zero-order valence-electron chi connectivity index (χ0n) is 11.5. The van der Waals surface area contributed by atoms with Crippen molar-refractivity contribution >= 4 is 11.5 Å². The van der Waals surface area contributed by atoms with Crippen molar-refractivity contribution < 1.29 is 14.2 Å².